The molecular weight excluding hydrogens is 152 g/mol. The van der Waals surface area contributed by atoms with Crippen LogP contribution in [-0.2, 0) is 4.79 Å². The van der Waals surface area contributed by atoms with Crippen LogP contribution in [0.5, 0.6) is 0 Å². The second-order valence-electron chi connectivity index (χ2n) is 3.00. The average molecular weight is 172 g/mol. The van der Waals surface area contributed by atoms with Crippen LogP contribution < -0.4 is 5.73 Å². The summed E-state index contributed by atoms with van der Waals surface area (Å²) in [5.74, 6) is 0.136. The Bertz CT molecular complexity index is 126. The van der Waals surface area contributed by atoms with Gasteiger partial charge < -0.3 is 10.6 Å². The van der Waals surface area contributed by atoms with Crippen molar-refractivity contribution in [2.75, 3.05) is 19.6 Å². The van der Waals surface area contributed by atoms with Gasteiger partial charge in [0.05, 0.1) is 0 Å². The normalized spacial score (nSPS) is 9.92. The summed E-state index contributed by atoms with van der Waals surface area (Å²) in [6, 6.07) is 0. The van der Waals surface area contributed by atoms with E-state index in [2.05, 4.69) is 6.92 Å². The van der Waals surface area contributed by atoms with Crippen molar-refractivity contribution >= 4 is 5.91 Å². The zero-order valence-electron chi connectivity index (χ0n) is 8.18. The molecule has 0 aliphatic heterocycles. The van der Waals surface area contributed by atoms with E-state index < -0.39 is 0 Å². The van der Waals surface area contributed by atoms with Gasteiger partial charge in [0, 0.05) is 26.6 Å². The highest BCUT2D eigenvalue weighted by atomic mass is 16.2. The molecule has 0 radical (unpaired) electrons. The van der Waals surface area contributed by atoms with Crippen molar-refractivity contribution in [2.45, 2.75) is 33.1 Å². The summed E-state index contributed by atoms with van der Waals surface area (Å²) in [5, 5.41) is 0. The highest BCUT2D eigenvalue weighted by Gasteiger charge is 2.05. The van der Waals surface area contributed by atoms with Crippen LogP contribution in [0, 0.1) is 0 Å². The highest BCUT2D eigenvalue weighted by Crippen LogP contribution is 1.97. The summed E-state index contributed by atoms with van der Waals surface area (Å²) in [6.07, 6.45) is 3.47. The third-order valence-corrected chi connectivity index (χ3v) is 1.88. The molecule has 0 fully saturated rings. The van der Waals surface area contributed by atoms with Crippen LogP contribution in [0.1, 0.15) is 33.1 Å². The van der Waals surface area contributed by atoms with E-state index >= 15 is 0 Å². The van der Waals surface area contributed by atoms with E-state index in [1.165, 1.54) is 12.8 Å². The largest absolute Gasteiger partial charge is 0.342 e. The van der Waals surface area contributed by atoms with Gasteiger partial charge in [-0.3, -0.25) is 4.79 Å². The smallest absolute Gasteiger partial charge is 0.219 e. The molecule has 0 saturated heterocycles. The van der Waals surface area contributed by atoms with E-state index in [9.17, 15) is 4.79 Å². The van der Waals surface area contributed by atoms with Crippen LogP contribution in [0.3, 0.4) is 0 Å². The first-order chi connectivity index (χ1) is 5.72. The zero-order valence-corrected chi connectivity index (χ0v) is 8.18. The molecule has 2 N–H and O–H groups in total. The molecule has 0 aromatic rings. The minimum Gasteiger partial charge on any atom is -0.342 e. The lowest BCUT2D eigenvalue weighted by molar-refractivity contribution is -0.128. The molecule has 0 saturated carbocycles. The highest BCUT2D eigenvalue weighted by molar-refractivity contribution is 5.73. The number of carbonyl (C=O) groups is 1. The Hall–Kier alpha value is -0.570. The molecule has 0 bridgehead atoms. The van der Waals surface area contributed by atoms with Gasteiger partial charge >= 0.3 is 0 Å². The lowest BCUT2D eigenvalue weighted by Crippen LogP contribution is -2.34. The number of unbranched alkanes of at least 4 members (excludes halogenated alkanes) is 2. The minimum atomic E-state index is 0.136. The summed E-state index contributed by atoms with van der Waals surface area (Å²) in [6.45, 7) is 5.87. The molecule has 0 rings (SSSR count). The van der Waals surface area contributed by atoms with Crippen molar-refractivity contribution in [3.8, 4) is 0 Å². The molecule has 72 valence electrons. The van der Waals surface area contributed by atoms with Gasteiger partial charge in [-0.1, -0.05) is 19.8 Å². The van der Waals surface area contributed by atoms with Crippen molar-refractivity contribution in [3.63, 3.8) is 0 Å². The van der Waals surface area contributed by atoms with Crippen molar-refractivity contribution in [1.29, 1.82) is 0 Å². The fourth-order valence-corrected chi connectivity index (χ4v) is 1.14. The van der Waals surface area contributed by atoms with Crippen LogP contribution in [0.2, 0.25) is 0 Å². The molecule has 12 heavy (non-hydrogen) atoms. The first kappa shape index (κ1) is 11.4. The van der Waals surface area contributed by atoms with Crippen LogP contribution in [0.15, 0.2) is 0 Å². The molecule has 0 aliphatic rings. The number of rotatable bonds is 6. The van der Waals surface area contributed by atoms with E-state index in [0.717, 1.165) is 13.0 Å². The van der Waals surface area contributed by atoms with Crippen LogP contribution >= 0.6 is 0 Å². The number of carbonyl (C=O) groups excluding carboxylic acids is 1. The van der Waals surface area contributed by atoms with E-state index in [4.69, 9.17) is 5.73 Å². The maximum Gasteiger partial charge on any atom is 0.219 e. The number of nitrogens with zero attached hydrogens (tertiary/aromatic N) is 1. The van der Waals surface area contributed by atoms with Crippen LogP contribution in [0.4, 0.5) is 0 Å². The maximum atomic E-state index is 11.0. The minimum absolute atomic E-state index is 0.136. The maximum absolute atomic E-state index is 11.0. The summed E-state index contributed by atoms with van der Waals surface area (Å²) < 4.78 is 0. The topological polar surface area (TPSA) is 46.3 Å². The van der Waals surface area contributed by atoms with E-state index in [0.29, 0.717) is 13.1 Å². The van der Waals surface area contributed by atoms with Gasteiger partial charge in [0.25, 0.3) is 0 Å². The van der Waals surface area contributed by atoms with E-state index in [1.54, 1.807) is 6.92 Å². The molecule has 3 heteroatoms. The summed E-state index contributed by atoms with van der Waals surface area (Å²) in [5.41, 5.74) is 5.38. The predicted molar refractivity (Wildman–Crippen MR) is 50.8 cm³/mol. The lowest BCUT2D eigenvalue weighted by Gasteiger charge is -2.19. The van der Waals surface area contributed by atoms with Crippen molar-refractivity contribution in [1.82, 2.24) is 4.90 Å². The van der Waals surface area contributed by atoms with Crippen LogP contribution in [-0.4, -0.2) is 30.4 Å². The first-order valence-corrected chi connectivity index (χ1v) is 4.68. The average Bonchev–Trinajstić information content (AvgIpc) is 2.03. The molecule has 0 aromatic carbocycles. The molecule has 1 amide bonds. The fourth-order valence-electron chi connectivity index (χ4n) is 1.14. The molecule has 0 aromatic heterocycles. The standard InChI is InChI=1S/C9H20N2O/c1-3-4-5-7-11(8-6-10)9(2)12/h3-8,10H2,1-2H3. The molecule has 3 nitrogen and oxygen atoms in total. The van der Waals surface area contributed by atoms with Crippen molar-refractivity contribution in [2.24, 2.45) is 5.73 Å². The summed E-state index contributed by atoms with van der Waals surface area (Å²) in [7, 11) is 0. The molecular formula is C9H20N2O. The van der Waals surface area contributed by atoms with Crippen molar-refractivity contribution in [3.05, 3.63) is 0 Å². The quantitative estimate of drug-likeness (QED) is 0.607. The molecule has 0 spiro atoms. The number of amides is 1. The Balaban J connectivity index is 3.56. The number of nitrogens with two attached hydrogens (primary N) is 1. The van der Waals surface area contributed by atoms with Gasteiger partial charge in [-0.15, -0.1) is 0 Å². The second-order valence-corrected chi connectivity index (χ2v) is 3.00. The van der Waals surface area contributed by atoms with Gasteiger partial charge in [-0.2, -0.15) is 0 Å². The molecule has 0 heterocycles. The predicted octanol–water partition coefficient (Wildman–Crippen LogP) is 0.984. The molecule has 0 unspecified atom stereocenters. The van der Waals surface area contributed by atoms with Crippen molar-refractivity contribution < 1.29 is 4.79 Å². The summed E-state index contributed by atoms with van der Waals surface area (Å²) >= 11 is 0. The van der Waals surface area contributed by atoms with E-state index in [-0.39, 0.29) is 5.91 Å². The number of hydrogen-bond acceptors (Lipinski definition) is 2. The Morgan fingerprint density at radius 1 is 1.33 bits per heavy atom. The van der Waals surface area contributed by atoms with Gasteiger partial charge in [-0.05, 0) is 6.42 Å². The Morgan fingerprint density at radius 2 is 2.00 bits per heavy atom. The second kappa shape index (κ2) is 7.10. The van der Waals surface area contributed by atoms with Crippen LogP contribution in [0.25, 0.3) is 0 Å². The lowest BCUT2D eigenvalue weighted by atomic mass is 10.2. The number of hydrogen-bond donors (Lipinski definition) is 1. The van der Waals surface area contributed by atoms with Gasteiger partial charge in [0.1, 0.15) is 0 Å². The third-order valence-electron chi connectivity index (χ3n) is 1.88. The monoisotopic (exact) mass is 172 g/mol. The summed E-state index contributed by atoms with van der Waals surface area (Å²) in [4.78, 5) is 12.8. The third kappa shape index (κ3) is 5.13. The first-order valence-electron chi connectivity index (χ1n) is 4.68. The van der Waals surface area contributed by atoms with Gasteiger partial charge in [0.15, 0.2) is 0 Å². The van der Waals surface area contributed by atoms with Gasteiger partial charge in [0.2, 0.25) is 5.91 Å². The Kier molecular flexibility index (Phi) is 6.76. The SMILES string of the molecule is CCCCCN(CCN)C(C)=O. The Labute approximate surface area is 74.9 Å². The fraction of sp³-hybridized carbons (Fsp3) is 0.889. The zero-order chi connectivity index (χ0) is 9.40. The Morgan fingerprint density at radius 3 is 2.42 bits per heavy atom. The molecule has 0 aliphatic carbocycles. The van der Waals surface area contributed by atoms with Gasteiger partial charge in [-0.25, -0.2) is 0 Å². The molecule has 0 atom stereocenters. The van der Waals surface area contributed by atoms with E-state index in [1.807, 2.05) is 4.90 Å².